The molecule has 1 aliphatic heterocycles. The number of benzene rings is 1. The van der Waals surface area contributed by atoms with Gasteiger partial charge in [-0.2, -0.15) is 0 Å². The number of carbonyl (C=O) groups excluding carboxylic acids is 3. The topological polar surface area (TPSA) is 66.5 Å². The number of Topliss-reactive ketones (excluding diaryl/α,β-unsaturated/α-hetero) is 1. The minimum Gasteiger partial charge on any atom is -0.359 e. The van der Waals surface area contributed by atoms with E-state index in [1.54, 1.807) is 11.9 Å². The van der Waals surface area contributed by atoms with Crippen LogP contribution in [0.5, 0.6) is 0 Å². The summed E-state index contributed by atoms with van der Waals surface area (Å²) in [5.41, 5.74) is 2.39. The Morgan fingerprint density at radius 1 is 1.38 bits per heavy atom. The van der Waals surface area contributed by atoms with Crippen molar-refractivity contribution < 1.29 is 14.4 Å². The molecule has 5 nitrogen and oxygen atoms in total. The second-order valence-corrected chi connectivity index (χ2v) is 5.62. The second kappa shape index (κ2) is 5.31. The summed E-state index contributed by atoms with van der Waals surface area (Å²) < 4.78 is 0. The molecule has 0 aromatic heterocycles. The molecule has 0 radical (unpaired) electrons. The molecule has 1 heterocycles. The molecule has 1 saturated heterocycles. The van der Waals surface area contributed by atoms with Gasteiger partial charge in [0.1, 0.15) is 0 Å². The van der Waals surface area contributed by atoms with Crippen LogP contribution in [-0.2, 0) is 9.59 Å². The average Bonchev–Trinajstić information content (AvgIpc) is 3.03. The zero-order valence-corrected chi connectivity index (χ0v) is 12.0. The first-order valence-electron chi connectivity index (χ1n) is 7.28. The lowest BCUT2D eigenvalue weighted by atomic mass is 9.97. The van der Waals surface area contributed by atoms with Crippen LogP contribution in [0, 0.1) is 0 Å². The molecule has 1 N–H and O–H groups in total. The number of anilines is 1. The third-order valence-corrected chi connectivity index (χ3v) is 4.30. The average molecular weight is 286 g/mol. The van der Waals surface area contributed by atoms with Gasteiger partial charge in [-0.05, 0) is 24.1 Å². The predicted octanol–water partition coefficient (Wildman–Crippen LogP) is 1.62. The molecule has 0 bridgehead atoms. The summed E-state index contributed by atoms with van der Waals surface area (Å²) in [5.74, 6) is 0.0740. The van der Waals surface area contributed by atoms with E-state index in [1.807, 2.05) is 18.2 Å². The summed E-state index contributed by atoms with van der Waals surface area (Å²) in [5, 5.41) is 2.60. The molecule has 0 spiro atoms. The molecule has 1 fully saturated rings. The zero-order valence-electron chi connectivity index (χ0n) is 12.0. The van der Waals surface area contributed by atoms with Crippen molar-refractivity contribution in [2.24, 2.45) is 0 Å². The fourth-order valence-electron chi connectivity index (χ4n) is 3.18. The van der Waals surface area contributed by atoms with Crippen LogP contribution in [0.4, 0.5) is 5.69 Å². The van der Waals surface area contributed by atoms with Crippen LogP contribution in [0.1, 0.15) is 47.5 Å². The summed E-state index contributed by atoms with van der Waals surface area (Å²) in [6.07, 6.45) is 2.14. The third kappa shape index (κ3) is 2.44. The van der Waals surface area contributed by atoms with Gasteiger partial charge in [0.2, 0.25) is 11.8 Å². The van der Waals surface area contributed by atoms with E-state index in [1.165, 1.54) is 0 Å². The van der Waals surface area contributed by atoms with Gasteiger partial charge in [-0.3, -0.25) is 14.4 Å². The monoisotopic (exact) mass is 286 g/mol. The largest absolute Gasteiger partial charge is 0.359 e. The molecular weight excluding hydrogens is 268 g/mol. The first-order valence-corrected chi connectivity index (χ1v) is 7.28. The van der Waals surface area contributed by atoms with Crippen LogP contribution in [0.2, 0.25) is 0 Å². The fraction of sp³-hybridized carbons (Fsp3) is 0.438. The quantitative estimate of drug-likeness (QED) is 0.918. The fourth-order valence-corrected chi connectivity index (χ4v) is 3.18. The summed E-state index contributed by atoms with van der Waals surface area (Å²) in [7, 11) is 1.60. The van der Waals surface area contributed by atoms with E-state index in [2.05, 4.69) is 5.32 Å². The van der Waals surface area contributed by atoms with Crippen molar-refractivity contribution >= 4 is 23.3 Å². The Kier molecular flexibility index (Phi) is 3.49. The number of hydrogen-bond donors (Lipinski definition) is 1. The number of ketones is 1. The van der Waals surface area contributed by atoms with Crippen molar-refractivity contribution in [1.29, 1.82) is 0 Å². The maximum atomic E-state index is 12.2. The van der Waals surface area contributed by atoms with Crippen LogP contribution < -0.4 is 10.2 Å². The van der Waals surface area contributed by atoms with Gasteiger partial charge in [-0.15, -0.1) is 0 Å². The second-order valence-electron chi connectivity index (χ2n) is 5.62. The van der Waals surface area contributed by atoms with Crippen molar-refractivity contribution in [1.82, 2.24) is 5.32 Å². The predicted molar refractivity (Wildman–Crippen MR) is 78.4 cm³/mol. The molecular formula is C16H18N2O3. The molecule has 1 aromatic carbocycles. The highest BCUT2D eigenvalue weighted by Crippen LogP contribution is 2.38. The summed E-state index contributed by atoms with van der Waals surface area (Å²) in [6, 6.07) is 5.59. The van der Waals surface area contributed by atoms with Gasteiger partial charge in [-0.25, -0.2) is 0 Å². The van der Waals surface area contributed by atoms with E-state index in [0.717, 1.165) is 17.7 Å². The first-order chi connectivity index (χ1) is 10.1. The number of nitrogens with one attached hydrogen (secondary N) is 1. The van der Waals surface area contributed by atoms with E-state index in [4.69, 9.17) is 0 Å². The smallest absolute Gasteiger partial charge is 0.227 e. The molecule has 1 aromatic rings. The van der Waals surface area contributed by atoms with E-state index < -0.39 is 0 Å². The maximum Gasteiger partial charge on any atom is 0.227 e. The number of fused-ring (bicyclic) bond motifs is 1. The Bertz CT molecular complexity index is 624. The SMILES string of the molecule is CNC(=O)CC1CC(=O)c2cc(N3CCCC3=O)ccc21. The summed E-state index contributed by atoms with van der Waals surface area (Å²) >= 11 is 0. The highest BCUT2D eigenvalue weighted by atomic mass is 16.2. The number of nitrogens with zero attached hydrogens (tertiary/aromatic N) is 1. The van der Waals surface area contributed by atoms with E-state index in [-0.39, 0.29) is 23.5 Å². The van der Waals surface area contributed by atoms with Crippen LogP contribution >= 0.6 is 0 Å². The van der Waals surface area contributed by atoms with Gasteiger partial charge >= 0.3 is 0 Å². The Balaban J connectivity index is 1.89. The lowest BCUT2D eigenvalue weighted by Gasteiger charge is -2.17. The lowest BCUT2D eigenvalue weighted by Crippen LogP contribution is -2.23. The van der Waals surface area contributed by atoms with E-state index in [0.29, 0.717) is 31.4 Å². The van der Waals surface area contributed by atoms with Crippen molar-refractivity contribution in [3.8, 4) is 0 Å². The zero-order chi connectivity index (χ0) is 15.0. The molecule has 1 atom stereocenters. The van der Waals surface area contributed by atoms with Gasteiger partial charge in [0.25, 0.3) is 0 Å². The number of rotatable bonds is 3. The van der Waals surface area contributed by atoms with Crippen molar-refractivity contribution in [3.05, 3.63) is 29.3 Å². The van der Waals surface area contributed by atoms with Crippen LogP contribution in [-0.4, -0.2) is 31.2 Å². The Morgan fingerprint density at radius 3 is 2.86 bits per heavy atom. The molecule has 5 heteroatoms. The minimum atomic E-state index is -0.0561. The Hall–Kier alpha value is -2.17. The minimum absolute atomic E-state index is 0.0456. The number of hydrogen-bond acceptors (Lipinski definition) is 3. The maximum absolute atomic E-state index is 12.2. The molecule has 21 heavy (non-hydrogen) atoms. The normalized spacial score (nSPS) is 20.8. The highest BCUT2D eigenvalue weighted by molar-refractivity contribution is 6.04. The molecule has 0 saturated carbocycles. The van der Waals surface area contributed by atoms with Gasteiger partial charge in [-0.1, -0.05) is 6.07 Å². The van der Waals surface area contributed by atoms with Crippen LogP contribution in [0.15, 0.2) is 18.2 Å². The number of amides is 2. The molecule has 1 unspecified atom stereocenters. The highest BCUT2D eigenvalue weighted by Gasteiger charge is 2.32. The molecule has 110 valence electrons. The Labute approximate surface area is 123 Å². The molecule has 3 rings (SSSR count). The van der Waals surface area contributed by atoms with Crippen molar-refractivity contribution in [2.45, 2.75) is 31.6 Å². The van der Waals surface area contributed by atoms with Crippen molar-refractivity contribution in [3.63, 3.8) is 0 Å². The van der Waals surface area contributed by atoms with Crippen LogP contribution in [0.3, 0.4) is 0 Å². The molecule has 1 aliphatic carbocycles. The van der Waals surface area contributed by atoms with Gasteiger partial charge in [0, 0.05) is 50.0 Å². The first kappa shape index (κ1) is 13.8. The van der Waals surface area contributed by atoms with E-state index >= 15 is 0 Å². The molecule has 2 amide bonds. The van der Waals surface area contributed by atoms with Gasteiger partial charge in [0.05, 0.1) is 0 Å². The molecule has 2 aliphatic rings. The van der Waals surface area contributed by atoms with Gasteiger partial charge < -0.3 is 10.2 Å². The standard InChI is InChI=1S/C16H18N2O3/c1-17-15(20)8-10-7-14(19)13-9-11(4-5-12(10)13)18-6-2-3-16(18)21/h4-5,9-10H,2-3,6-8H2,1H3,(H,17,20). The van der Waals surface area contributed by atoms with Crippen LogP contribution in [0.25, 0.3) is 0 Å². The van der Waals surface area contributed by atoms with Gasteiger partial charge in [0.15, 0.2) is 5.78 Å². The van der Waals surface area contributed by atoms with Crippen molar-refractivity contribution in [2.75, 3.05) is 18.5 Å². The third-order valence-electron chi connectivity index (χ3n) is 4.30. The summed E-state index contributed by atoms with van der Waals surface area (Å²) in [6.45, 7) is 0.716. The summed E-state index contributed by atoms with van der Waals surface area (Å²) in [4.78, 5) is 37.2. The van der Waals surface area contributed by atoms with E-state index in [9.17, 15) is 14.4 Å². The lowest BCUT2D eigenvalue weighted by molar-refractivity contribution is -0.121. The number of carbonyl (C=O) groups is 3. The Morgan fingerprint density at radius 2 is 2.19 bits per heavy atom.